The van der Waals surface area contributed by atoms with Crippen molar-refractivity contribution in [3.8, 4) is 0 Å². The van der Waals surface area contributed by atoms with E-state index in [0.717, 1.165) is 26.1 Å². The topological polar surface area (TPSA) is 34.9 Å². The average molecular weight is 238 g/mol. The first kappa shape index (κ1) is 10.4. The maximum absolute atomic E-state index is 10.5. The molecular formula is C10H10N2OS2. The zero-order chi connectivity index (χ0) is 10.8. The average Bonchev–Trinajstić information content (AvgIpc) is 2.75. The summed E-state index contributed by atoms with van der Waals surface area (Å²) >= 11 is 3.13. The normalized spacial score (nSPS) is 10.5. The van der Waals surface area contributed by atoms with Crippen molar-refractivity contribution in [2.45, 2.75) is 16.2 Å². The van der Waals surface area contributed by atoms with Gasteiger partial charge in [-0.3, -0.25) is 9.48 Å². The van der Waals surface area contributed by atoms with Gasteiger partial charge in [0, 0.05) is 7.05 Å². The largest absolute Gasteiger partial charge is 0.297 e. The quantitative estimate of drug-likeness (QED) is 0.771. The Morgan fingerprint density at radius 1 is 1.53 bits per heavy atom. The van der Waals surface area contributed by atoms with E-state index >= 15 is 0 Å². The second-order valence-electron chi connectivity index (χ2n) is 3.12. The first-order valence-corrected chi connectivity index (χ1v) is 6.06. The van der Waals surface area contributed by atoms with Gasteiger partial charge in [-0.2, -0.15) is 5.10 Å². The van der Waals surface area contributed by atoms with E-state index in [2.05, 4.69) is 5.10 Å². The second-order valence-corrected chi connectivity index (χ2v) is 5.56. The van der Waals surface area contributed by atoms with Gasteiger partial charge in [0.2, 0.25) is 0 Å². The number of hydrogen-bond donors (Lipinski definition) is 0. The lowest BCUT2D eigenvalue weighted by Crippen LogP contribution is -1.91. The van der Waals surface area contributed by atoms with E-state index in [-0.39, 0.29) is 0 Å². The highest BCUT2D eigenvalue weighted by Gasteiger charge is 2.06. The third-order valence-corrected chi connectivity index (χ3v) is 4.12. The van der Waals surface area contributed by atoms with Gasteiger partial charge in [-0.25, -0.2) is 0 Å². The van der Waals surface area contributed by atoms with Crippen LogP contribution in [0.3, 0.4) is 0 Å². The Hall–Kier alpha value is -1.07. The number of carbonyl (C=O) groups excluding carboxylic acids is 1. The van der Waals surface area contributed by atoms with E-state index in [1.54, 1.807) is 11.8 Å². The summed E-state index contributed by atoms with van der Waals surface area (Å²) in [6.45, 7) is 1.97. The molecule has 15 heavy (non-hydrogen) atoms. The second kappa shape index (κ2) is 4.20. The number of carbonyl (C=O) groups is 1. The molecule has 0 radical (unpaired) electrons. The van der Waals surface area contributed by atoms with Crippen LogP contribution in [0.4, 0.5) is 0 Å². The monoisotopic (exact) mass is 238 g/mol. The lowest BCUT2D eigenvalue weighted by Gasteiger charge is -1.97. The van der Waals surface area contributed by atoms with Crippen LogP contribution in [0.15, 0.2) is 27.4 Å². The molecule has 0 saturated carbocycles. The molecule has 0 bridgehead atoms. The van der Waals surface area contributed by atoms with E-state index in [1.807, 2.05) is 36.9 Å². The number of aryl methyl sites for hydroxylation is 2. The minimum Gasteiger partial charge on any atom is -0.297 e. The molecule has 2 aromatic heterocycles. The highest BCUT2D eigenvalue weighted by Crippen LogP contribution is 2.32. The molecule has 0 atom stereocenters. The van der Waals surface area contributed by atoms with Gasteiger partial charge in [-0.05, 0) is 25.1 Å². The molecule has 0 aliphatic rings. The zero-order valence-corrected chi connectivity index (χ0v) is 10.1. The molecule has 0 unspecified atom stereocenters. The molecule has 2 heterocycles. The van der Waals surface area contributed by atoms with Gasteiger partial charge in [0.25, 0.3) is 0 Å². The van der Waals surface area contributed by atoms with Crippen LogP contribution < -0.4 is 0 Å². The van der Waals surface area contributed by atoms with Crippen LogP contribution >= 0.6 is 23.1 Å². The van der Waals surface area contributed by atoms with Crippen molar-refractivity contribution in [3.63, 3.8) is 0 Å². The Morgan fingerprint density at radius 2 is 2.33 bits per heavy atom. The molecule has 0 aromatic carbocycles. The van der Waals surface area contributed by atoms with Crippen molar-refractivity contribution in [2.75, 3.05) is 0 Å². The van der Waals surface area contributed by atoms with Crippen molar-refractivity contribution in [2.24, 2.45) is 7.05 Å². The van der Waals surface area contributed by atoms with Crippen molar-refractivity contribution in [1.29, 1.82) is 0 Å². The highest BCUT2D eigenvalue weighted by atomic mass is 32.2. The van der Waals surface area contributed by atoms with E-state index in [4.69, 9.17) is 0 Å². The Bertz CT molecular complexity index is 487. The fourth-order valence-corrected chi connectivity index (χ4v) is 3.25. The highest BCUT2D eigenvalue weighted by molar-refractivity contribution is 8.01. The van der Waals surface area contributed by atoms with Gasteiger partial charge in [-0.1, -0.05) is 11.8 Å². The zero-order valence-electron chi connectivity index (χ0n) is 8.43. The Kier molecular flexibility index (Phi) is 2.93. The first-order chi connectivity index (χ1) is 7.19. The smallest absolute Gasteiger partial charge is 0.160 e. The van der Waals surface area contributed by atoms with E-state index < -0.39 is 0 Å². The standard InChI is InChI=1S/C10H10N2OS2/c1-7-5-9(12(2)11-7)15-10-4-3-8(6-13)14-10/h3-6H,1-2H3. The molecule has 2 aromatic rings. The van der Waals surface area contributed by atoms with Crippen LogP contribution in [0.25, 0.3) is 0 Å². The molecular weight excluding hydrogens is 228 g/mol. The molecule has 2 rings (SSSR count). The van der Waals surface area contributed by atoms with Crippen molar-refractivity contribution in [1.82, 2.24) is 9.78 Å². The predicted octanol–water partition coefficient (Wildman–Crippen LogP) is 2.75. The van der Waals surface area contributed by atoms with Crippen molar-refractivity contribution in [3.05, 3.63) is 28.8 Å². The number of aldehydes is 1. The van der Waals surface area contributed by atoms with Crippen LogP contribution in [0.5, 0.6) is 0 Å². The molecule has 0 amide bonds. The molecule has 0 saturated heterocycles. The summed E-state index contributed by atoms with van der Waals surface area (Å²) < 4.78 is 2.96. The maximum atomic E-state index is 10.5. The summed E-state index contributed by atoms with van der Waals surface area (Å²) in [4.78, 5) is 11.3. The lowest BCUT2D eigenvalue weighted by atomic mass is 10.5. The number of nitrogens with zero attached hydrogens (tertiary/aromatic N) is 2. The van der Waals surface area contributed by atoms with Crippen LogP contribution in [-0.2, 0) is 7.05 Å². The van der Waals surface area contributed by atoms with Gasteiger partial charge in [0.15, 0.2) is 6.29 Å². The molecule has 0 aliphatic heterocycles. The summed E-state index contributed by atoms with van der Waals surface area (Å²) in [6, 6.07) is 5.83. The molecule has 0 spiro atoms. The van der Waals surface area contributed by atoms with Crippen LogP contribution in [-0.4, -0.2) is 16.1 Å². The van der Waals surface area contributed by atoms with E-state index in [1.165, 1.54) is 11.3 Å². The SMILES string of the molecule is Cc1cc(Sc2ccc(C=O)s2)n(C)n1. The lowest BCUT2D eigenvalue weighted by molar-refractivity contribution is 0.112. The van der Waals surface area contributed by atoms with Gasteiger partial charge in [0.1, 0.15) is 0 Å². The molecule has 0 N–H and O–H groups in total. The number of aromatic nitrogens is 2. The van der Waals surface area contributed by atoms with Gasteiger partial charge in [0.05, 0.1) is 19.8 Å². The van der Waals surface area contributed by atoms with E-state index in [0.29, 0.717) is 0 Å². The molecule has 0 fully saturated rings. The van der Waals surface area contributed by atoms with Crippen LogP contribution in [0.1, 0.15) is 15.4 Å². The molecule has 3 nitrogen and oxygen atoms in total. The minimum absolute atomic E-state index is 0.761. The van der Waals surface area contributed by atoms with Crippen LogP contribution in [0, 0.1) is 6.92 Å². The van der Waals surface area contributed by atoms with Gasteiger partial charge >= 0.3 is 0 Å². The third-order valence-electron chi connectivity index (χ3n) is 1.88. The fraction of sp³-hybridized carbons (Fsp3) is 0.200. The fourth-order valence-electron chi connectivity index (χ4n) is 1.24. The Balaban J connectivity index is 2.21. The third kappa shape index (κ3) is 2.30. The number of thiophene rings is 1. The van der Waals surface area contributed by atoms with E-state index in [9.17, 15) is 4.79 Å². The van der Waals surface area contributed by atoms with Gasteiger partial charge in [-0.15, -0.1) is 11.3 Å². The predicted molar refractivity (Wildman–Crippen MR) is 61.8 cm³/mol. The maximum Gasteiger partial charge on any atom is 0.160 e. The Morgan fingerprint density at radius 3 is 2.87 bits per heavy atom. The summed E-state index contributed by atoms with van der Waals surface area (Å²) in [5, 5.41) is 5.35. The summed E-state index contributed by atoms with van der Waals surface area (Å²) in [7, 11) is 1.92. The number of rotatable bonds is 3. The number of hydrogen-bond acceptors (Lipinski definition) is 4. The summed E-state index contributed by atoms with van der Waals surface area (Å²) in [5.41, 5.74) is 1.01. The van der Waals surface area contributed by atoms with Gasteiger partial charge < -0.3 is 0 Å². The summed E-state index contributed by atoms with van der Waals surface area (Å²) in [6.07, 6.45) is 0.878. The van der Waals surface area contributed by atoms with Crippen molar-refractivity contribution >= 4 is 29.4 Å². The summed E-state index contributed by atoms with van der Waals surface area (Å²) in [5.74, 6) is 0. The molecule has 5 heteroatoms. The van der Waals surface area contributed by atoms with Crippen LogP contribution in [0.2, 0.25) is 0 Å². The molecule has 0 aliphatic carbocycles. The first-order valence-electron chi connectivity index (χ1n) is 4.42. The minimum atomic E-state index is 0.761. The molecule has 78 valence electrons. The van der Waals surface area contributed by atoms with Crippen molar-refractivity contribution < 1.29 is 4.79 Å². The Labute approximate surface area is 96.1 Å².